The SMILES string of the molecule is COc1cc(CC[C@H](O)CC(=O)[C@H](CC2=CCN=C2)Cc2ccc(O)c(OC)c2)ccc1O. The molecule has 1 aliphatic rings. The van der Waals surface area contributed by atoms with Crippen molar-refractivity contribution >= 4 is 12.0 Å². The summed E-state index contributed by atoms with van der Waals surface area (Å²) in [6.45, 7) is 0.627. The number of ether oxygens (including phenoxy) is 2. The molecule has 1 aliphatic heterocycles. The largest absolute Gasteiger partial charge is 0.504 e. The molecule has 2 atom stereocenters. The summed E-state index contributed by atoms with van der Waals surface area (Å²) in [5, 5.41) is 30.1. The minimum atomic E-state index is -0.777. The van der Waals surface area contributed by atoms with E-state index in [1.807, 2.05) is 6.08 Å². The standard InChI is InChI=1S/C26H31NO6/c1-32-25-13-17(4-7-22(25)29)3-6-21(28)15-24(31)20(12-19-9-10-27-16-19)11-18-5-8-23(30)26(14-18)33-2/h4-5,7-9,13-14,16,20-21,28-30H,3,6,10-12,15H2,1-2H3/t20-,21-/m0/s1. The zero-order valence-corrected chi connectivity index (χ0v) is 19.0. The van der Waals surface area contributed by atoms with Gasteiger partial charge in [0.15, 0.2) is 23.0 Å². The number of aliphatic hydroxyl groups is 1. The van der Waals surface area contributed by atoms with E-state index in [1.165, 1.54) is 14.2 Å². The zero-order valence-electron chi connectivity index (χ0n) is 19.0. The maximum atomic E-state index is 13.2. The number of allylic oxidation sites excluding steroid dienone is 1. The molecule has 7 nitrogen and oxygen atoms in total. The molecule has 2 aromatic rings. The van der Waals surface area contributed by atoms with Gasteiger partial charge >= 0.3 is 0 Å². The molecule has 0 saturated heterocycles. The Morgan fingerprint density at radius 1 is 1.00 bits per heavy atom. The summed E-state index contributed by atoms with van der Waals surface area (Å²) in [6.07, 6.45) is 5.08. The second kappa shape index (κ2) is 11.5. The lowest BCUT2D eigenvalue weighted by molar-refractivity contribution is -0.124. The van der Waals surface area contributed by atoms with E-state index in [0.29, 0.717) is 43.7 Å². The van der Waals surface area contributed by atoms with Gasteiger partial charge in [-0.1, -0.05) is 18.2 Å². The highest BCUT2D eigenvalue weighted by atomic mass is 16.5. The van der Waals surface area contributed by atoms with Crippen LogP contribution in [0, 0.1) is 5.92 Å². The van der Waals surface area contributed by atoms with Crippen LogP contribution in [0.4, 0.5) is 0 Å². The molecule has 33 heavy (non-hydrogen) atoms. The Kier molecular flexibility index (Phi) is 8.49. The first-order chi connectivity index (χ1) is 15.9. The number of carbonyl (C=O) groups is 1. The lowest BCUT2D eigenvalue weighted by Gasteiger charge is -2.19. The van der Waals surface area contributed by atoms with E-state index in [4.69, 9.17) is 9.47 Å². The van der Waals surface area contributed by atoms with Crippen LogP contribution < -0.4 is 9.47 Å². The topological polar surface area (TPSA) is 109 Å². The molecule has 7 heteroatoms. The number of rotatable bonds is 12. The number of Topliss-reactive ketones (excluding diaryl/α,β-unsaturated/α-hetero) is 1. The molecule has 0 bridgehead atoms. The first kappa shape index (κ1) is 24.3. The number of aryl methyl sites for hydroxylation is 1. The average molecular weight is 454 g/mol. The predicted octanol–water partition coefficient (Wildman–Crippen LogP) is 3.63. The lowest BCUT2D eigenvalue weighted by atomic mass is 9.86. The van der Waals surface area contributed by atoms with Crippen LogP contribution in [0.5, 0.6) is 23.0 Å². The van der Waals surface area contributed by atoms with E-state index in [-0.39, 0.29) is 29.6 Å². The van der Waals surface area contributed by atoms with Crippen molar-refractivity contribution in [2.45, 2.75) is 38.2 Å². The van der Waals surface area contributed by atoms with E-state index in [9.17, 15) is 20.1 Å². The van der Waals surface area contributed by atoms with Gasteiger partial charge in [-0.15, -0.1) is 0 Å². The van der Waals surface area contributed by atoms with Crippen molar-refractivity contribution in [1.82, 2.24) is 0 Å². The third kappa shape index (κ3) is 6.83. The molecule has 0 aromatic heterocycles. The maximum absolute atomic E-state index is 13.2. The number of methoxy groups -OCH3 is 2. The lowest BCUT2D eigenvalue weighted by Crippen LogP contribution is -2.23. The van der Waals surface area contributed by atoms with Gasteiger partial charge in [-0.05, 0) is 66.6 Å². The molecule has 0 saturated carbocycles. The van der Waals surface area contributed by atoms with E-state index < -0.39 is 6.10 Å². The van der Waals surface area contributed by atoms with Gasteiger partial charge in [-0.2, -0.15) is 0 Å². The van der Waals surface area contributed by atoms with Gasteiger partial charge in [0, 0.05) is 18.6 Å². The quantitative estimate of drug-likeness (QED) is 0.453. The molecular weight excluding hydrogens is 422 g/mol. The second-order valence-electron chi connectivity index (χ2n) is 8.25. The predicted molar refractivity (Wildman–Crippen MR) is 127 cm³/mol. The van der Waals surface area contributed by atoms with Crippen molar-refractivity contribution in [1.29, 1.82) is 0 Å². The normalized spacial score (nSPS) is 14.6. The fourth-order valence-electron chi connectivity index (χ4n) is 3.96. The summed E-state index contributed by atoms with van der Waals surface area (Å²) in [6, 6.07) is 10.2. The third-order valence-electron chi connectivity index (χ3n) is 5.83. The number of phenolic OH excluding ortho intramolecular Hbond substituents is 2. The van der Waals surface area contributed by atoms with Crippen LogP contribution in [0.25, 0.3) is 0 Å². The highest BCUT2D eigenvalue weighted by Gasteiger charge is 2.24. The van der Waals surface area contributed by atoms with Crippen LogP contribution in [-0.2, 0) is 17.6 Å². The van der Waals surface area contributed by atoms with E-state index in [1.54, 1.807) is 42.6 Å². The Morgan fingerprint density at radius 3 is 2.24 bits per heavy atom. The van der Waals surface area contributed by atoms with Crippen LogP contribution in [0.1, 0.15) is 30.4 Å². The summed E-state index contributed by atoms with van der Waals surface area (Å²) >= 11 is 0. The summed E-state index contributed by atoms with van der Waals surface area (Å²) in [5.74, 6) is 0.530. The Hall–Kier alpha value is -3.32. The molecule has 0 fully saturated rings. The minimum Gasteiger partial charge on any atom is -0.504 e. The minimum absolute atomic E-state index is 0.0148. The van der Waals surface area contributed by atoms with Gasteiger partial charge in [0.1, 0.15) is 5.78 Å². The van der Waals surface area contributed by atoms with Crippen molar-refractivity contribution < 1.29 is 29.6 Å². The Morgan fingerprint density at radius 2 is 1.64 bits per heavy atom. The van der Waals surface area contributed by atoms with Gasteiger partial charge in [-0.25, -0.2) is 0 Å². The van der Waals surface area contributed by atoms with E-state index >= 15 is 0 Å². The zero-order chi connectivity index (χ0) is 23.8. The first-order valence-corrected chi connectivity index (χ1v) is 11.0. The molecule has 2 aromatic carbocycles. The summed E-state index contributed by atoms with van der Waals surface area (Å²) in [7, 11) is 2.97. The first-order valence-electron chi connectivity index (χ1n) is 11.0. The number of hydrogen-bond donors (Lipinski definition) is 3. The van der Waals surface area contributed by atoms with Gasteiger partial charge in [-0.3, -0.25) is 9.79 Å². The van der Waals surface area contributed by atoms with Crippen molar-refractivity contribution in [2.24, 2.45) is 10.9 Å². The molecule has 0 aliphatic carbocycles. The summed E-state index contributed by atoms with van der Waals surface area (Å²) < 4.78 is 10.3. The fourth-order valence-corrected chi connectivity index (χ4v) is 3.96. The Labute approximate surface area is 194 Å². The van der Waals surface area contributed by atoms with E-state index in [0.717, 1.165) is 16.7 Å². The van der Waals surface area contributed by atoms with Crippen molar-refractivity contribution in [2.75, 3.05) is 20.8 Å². The number of ketones is 1. The molecule has 1 heterocycles. The molecule has 0 radical (unpaired) electrons. The average Bonchev–Trinajstić information content (AvgIpc) is 3.32. The molecule has 0 unspecified atom stereocenters. The van der Waals surface area contributed by atoms with Crippen LogP contribution >= 0.6 is 0 Å². The molecular formula is C26H31NO6. The van der Waals surface area contributed by atoms with Gasteiger partial charge in [0.25, 0.3) is 0 Å². The number of aliphatic hydroxyl groups excluding tert-OH is 1. The molecule has 0 amide bonds. The molecule has 176 valence electrons. The molecule has 3 rings (SSSR count). The van der Waals surface area contributed by atoms with Gasteiger partial charge in [0.05, 0.1) is 26.9 Å². The van der Waals surface area contributed by atoms with Crippen molar-refractivity contribution in [3.05, 3.63) is 59.2 Å². The molecule has 3 N–H and O–H groups in total. The van der Waals surface area contributed by atoms with Crippen LogP contribution in [0.2, 0.25) is 0 Å². The molecule has 0 spiro atoms. The number of carbonyl (C=O) groups excluding carboxylic acids is 1. The number of nitrogens with zero attached hydrogens (tertiary/aromatic N) is 1. The van der Waals surface area contributed by atoms with Crippen LogP contribution in [0.3, 0.4) is 0 Å². The number of phenols is 2. The number of hydrogen-bond acceptors (Lipinski definition) is 7. The fraction of sp³-hybridized carbons (Fsp3) is 0.385. The van der Waals surface area contributed by atoms with Crippen molar-refractivity contribution in [3.8, 4) is 23.0 Å². The number of aliphatic imine (C=N–C) groups is 1. The van der Waals surface area contributed by atoms with Gasteiger partial charge < -0.3 is 24.8 Å². The van der Waals surface area contributed by atoms with E-state index in [2.05, 4.69) is 4.99 Å². The van der Waals surface area contributed by atoms with Gasteiger partial charge in [0.2, 0.25) is 0 Å². The number of aromatic hydroxyl groups is 2. The highest BCUT2D eigenvalue weighted by molar-refractivity contribution is 5.86. The maximum Gasteiger partial charge on any atom is 0.160 e. The second-order valence-corrected chi connectivity index (χ2v) is 8.25. The Bertz CT molecular complexity index is 1030. The summed E-state index contributed by atoms with van der Waals surface area (Å²) in [4.78, 5) is 17.4. The third-order valence-corrected chi connectivity index (χ3v) is 5.83. The highest BCUT2D eigenvalue weighted by Crippen LogP contribution is 2.30. The Balaban J connectivity index is 1.64. The van der Waals surface area contributed by atoms with Crippen molar-refractivity contribution in [3.63, 3.8) is 0 Å². The summed E-state index contributed by atoms with van der Waals surface area (Å²) in [5.41, 5.74) is 2.81. The number of benzene rings is 2. The van der Waals surface area contributed by atoms with Crippen LogP contribution in [-0.4, -0.2) is 54.2 Å². The van der Waals surface area contributed by atoms with Crippen LogP contribution in [0.15, 0.2) is 53.0 Å². The smallest absolute Gasteiger partial charge is 0.160 e. The monoisotopic (exact) mass is 453 g/mol.